The molecule has 1 heterocycles. The Bertz CT molecular complexity index is 1040. The van der Waals surface area contributed by atoms with Crippen molar-refractivity contribution in [2.45, 2.75) is 39.7 Å². The van der Waals surface area contributed by atoms with Gasteiger partial charge in [-0.05, 0) is 49.6 Å². The number of fused-ring (bicyclic) bond motifs is 1. The van der Waals surface area contributed by atoms with Crippen LogP contribution in [-0.4, -0.2) is 18.7 Å². The zero-order valence-corrected chi connectivity index (χ0v) is 16.8. The molecule has 0 unspecified atom stereocenters. The van der Waals surface area contributed by atoms with Crippen molar-refractivity contribution in [3.63, 3.8) is 0 Å². The predicted molar refractivity (Wildman–Crippen MR) is 110 cm³/mol. The quantitative estimate of drug-likeness (QED) is 0.506. The highest BCUT2D eigenvalue weighted by atomic mass is 16.6. The second kappa shape index (κ2) is 9.28. The SMILES string of the molecule is CCCOC(=O)[C@@H](C)Oc1ccc2c(=O)c(Oc3ccc(CC)cc3)coc2c1. The zero-order chi connectivity index (χ0) is 20.8. The van der Waals surface area contributed by atoms with E-state index in [0.29, 0.717) is 29.1 Å². The first-order valence-corrected chi connectivity index (χ1v) is 9.67. The molecule has 0 saturated carbocycles. The third kappa shape index (κ3) is 4.96. The van der Waals surface area contributed by atoms with Gasteiger partial charge in [-0.3, -0.25) is 4.79 Å². The number of hydrogen-bond donors (Lipinski definition) is 0. The van der Waals surface area contributed by atoms with E-state index >= 15 is 0 Å². The van der Waals surface area contributed by atoms with Gasteiger partial charge in [0.05, 0.1) is 12.0 Å². The van der Waals surface area contributed by atoms with Gasteiger partial charge in [0, 0.05) is 6.07 Å². The van der Waals surface area contributed by atoms with E-state index in [1.54, 1.807) is 25.1 Å². The van der Waals surface area contributed by atoms with Gasteiger partial charge >= 0.3 is 5.97 Å². The first kappa shape index (κ1) is 20.5. The smallest absolute Gasteiger partial charge is 0.347 e. The van der Waals surface area contributed by atoms with E-state index in [2.05, 4.69) is 6.92 Å². The molecule has 0 fully saturated rings. The van der Waals surface area contributed by atoms with Crippen LogP contribution in [-0.2, 0) is 16.0 Å². The maximum atomic E-state index is 12.7. The Balaban J connectivity index is 1.78. The number of carbonyl (C=O) groups is 1. The molecular weight excluding hydrogens is 372 g/mol. The molecule has 1 aromatic heterocycles. The number of rotatable bonds is 8. The van der Waals surface area contributed by atoms with Crippen molar-refractivity contribution in [1.82, 2.24) is 0 Å². The predicted octanol–water partition coefficient (Wildman–Crippen LogP) is 4.87. The molecule has 29 heavy (non-hydrogen) atoms. The van der Waals surface area contributed by atoms with E-state index in [1.165, 1.54) is 11.8 Å². The summed E-state index contributed by atoms with van der Waals surface area (Å²) < 4.78 is 21.9. The molecule has 0 saturated heterocycles. The first-order valence-electron chi connectivity index (χ1n) is 9.67. The van der Waals surface area contributed by atoms with Crippen LogP contribution in [0.4, 0.5) is 0 Å². The van der Waals surface area contributed by atoms with Crippen LogP contribution in [0.25, 0.3) is 11.0 Å². The number of ether oxygens (including phenoxy) is 3. The molecule has 3 rings (SSSR count). The van der Waals surface area contributed by atoms with Crippen LogP contribution in [0.2, 0.25) is 0 Å². The van der Waals surface area contributed by atoms with Crippen LogP contribution in [0.1, 0.15) is 32.8 Å². The van der Waals surface area contributed by atoms with E-state index in [4.69, 9.17) is 18.6 Å². The number of hydrogen-bond acceptors (Lipinski definition) is 6. The molecule has 6 nitrogen and oxygen atoms in total. The second-order valence-electron chi connectivity index (χ2n) is 6.61. The first-order chi connectivity index (χ1) is 14.0. The normalized spacial score (nSPS) is 11.8. The fourth-order valence-electron chi connectivity index (χ4n) is 2.73. The van der Waals surface area contributed by atoms with E-state index in [1.807, 2.05) is 31.2 Å². The summed E-state index contributed by atoms with van der Waals surface area (Å²) in [6, 6.07) is 12.3. The Morgan fingerprint density at radius 1 is 1.07 bits per heavy atom. The number of aryl methyl sites for hydroxylation is 1. The van der Waals surface area contributed by atoms with Gasteiger partial charge in [-0.15, -0.1) is 0 Å². The number of carbonyl (C=O) groups excluding carboxylic acids is 1. The van der Waals surface area contributed by atoms with Crippen molar-refractivity contribution in [3.05, 3.63) is 64.5 Å². The minimum Gasteiger partial charge on any atom is -0.479 e. The van der Waals surface area contributed by atoms with Gasteiger partial charge in [-0.2, -0.15) is 0 Å². The van der Waals surface area contributed by atoms with Crippen LogP contribution >= 0.6 is 0 Å². The van der Waals surface area contributed by atoms with Gasteiger partial charge in [0.25, 0.3) is 0 Å². The summed E-state index contributed by atoms with van der Waals surface area (Å²) in [5.41, 5.74) is 1.24. The van der Waals surface area contributed by atoms with Crippen LogP contribution < -0.4 is 14.9 Å². The Hall–Kier alpha value is -3.28. The number of benzene rings is 2. The lowest BCUT2D eigenvalue weighted by atomic mass is 10.2. The van der Waals surface area contributed by atoms with Crippen molar-refractivity contribution < 1.29 is 23.4 Å². The Morgan fingerprint density at radius 2 is 1.79 bits per heavy atom. The van der Waals surface area contributed by atoms with Crippen molar-refractivity contribution in [2.75, 3.05) is 6.61 Å². The van der Waals surface area contributed by atoms with E-state index < -0.39 is 12.1 Å². The van der Waals surface area contributed by atoms with Crippen molar-refractivity contribution >= 4 is 16.9 Å². The van der Waals surface area contributed by atoms with Crippen molar-refractivity contribution in [1.29, 1.82) is 0 Å². The lowest BCUT2D eigenvalue weighted by Crippen LogP contribution is -2.26. The summed E-state index contributed by atoms with van der Waals surface area (Å²) in [5.74, 6) is 0.636. The maximum absolute atomic E-state index is 12.7. The summed E-state index contributed by atoms with van der Waals surface area (Å²) in [4.78, 5) is 24.6. The van der Waals surface area contributed by atoms with Gasteiger partial charge < -0.3 is 18.6 Å². The highest BCUT2D eigenvalue weighted by Crippen LogP contribution is 2.25. The summed E-state index contributed by atoms with van der Waals surface area (Å²) in [6.45, 7) is 5.95. The van der Waals surface area contributed by atoms with Crippen LogP contribution in [0.3, 0.4) is 0 Å². The molecule has 0 radical (unpaired) electrons. The zero-order valence-electron chi connectivity index (χ0n) is 16.8. The minimum absolute atomic E-state index is 0.104. The largest absolute Gasteiger partial charge is 0.479 e. The Kier molecular flexibility index (Phi) is 6.54. The molecule has 0 aliphatic rings. The van der Waals surface area contributed by atoms with E-state index in [0.717, 1.165) is 12.8 Å². The third-order valence-electron chi connectivity index (χ3n) is 4.37. The molecule has 2 aromatic carbocycles. The topological polar surface area (TPSA) is 75.0 Å². The van der Waals surface area contributed by atoms with Crippen LogP contribution in [0.5, 0.6) is 17.2 Å². The fraction of sp³-hybridized carbons (Fsp3) is 0.304. The highest BCUT2D eigenvalue weighted by molar-refractivity contribution is 5.79. The average molecular weight is 396 g/mol. The summed E-state index contributed by atoms with van der Waals surface area (Å²) in [5, 5.41) is 0.362. The molecule has 0 spiro atoms. The van der Waals surface area contributed by atoms with Crippen molar-refractivity contribution in [3.8, 4) is 17.2 Å². The third-order valence-corrected chi connectivity index (χ3v) is 4.37. The van der Waals surface area contributed by atoms with Gasteiger partial charge in [0.15, 0.2) is 6.10 Å². The van der Waals surface area contributed by atoms with Gasteiger partial charge in [-0.1, -0.05) is 26.0 Å². The van der Waals surface area contributed by atoms with Crippen LogP contribution in [0.15, 0.2) is 57.9 Å². The van der Waals surface area contributed by atoms with E-state index in [-0.39, 0.29) is 11.2 Å². The molecule has 6 heteroatoms. The molecule has 0 amide bonds. The lowest BCUT2D eigenvalue weighted by molar-refractivity contribution is -0.151. The molecular formula is C23H24O6. The minimum atomic E-state index is -0.764. The molecule has 3 aromatic rings. The Morgan fingerprint density at radius 3 is 2.48 bits per heavy atom. The summed E-state index contributed by atoms with van der Waals surface area (Å²) >= 11 is 0. The molecule has 0 bridgehead atoms. The molecule has 1 atom stereocenters. The summed E-state index contributed by atoms with van der Waals surface area (Å²) in [7, 11) is 0. The average Bonchev–Trinajstić information content (AvgIpc) is 2.74. The lowest BCUT2D eigenvalue weighted by Gasteiger charge is -2.14. The van der Waals surface area contributed by atoms with Gasteiger partial charge in [0.2, 0.25) is 11.2 Å². The van der Waals surface area contributed by atoms with Crippen LogP contribution in [0, 0.1) is 0 Å². The van der Waals surface area contributed by atoms with Gasteiger partial charge in [-0.25, -0.2) is 4.79 Å². The Labute approximate surface area is 169 Å². The number of esters is 1. The monoisotopic (exact) mass is 396 g/mol. The fourth-order valence-corrected chi connectivity index (χ4v) is 2.73. The highest BCUT2D eigenvalue weighted by Gasteiger charge is 2.17. The van der Waals surface area contributed by atoms with Gasteiger partial charge in [0.1, 0.15) is 23.3 Å². The summed E-state index contributed by atoms with van der Waals surface area (Å²) in [6.07, 6.45) is 2.19. The van der Waals surface area contributed by atoms with Crippen molar-refractivity contribution in [2.24, 2.45) is 0 Å². The molecule has 0 aliphatic carbocycles. The molecule has 152 valence electrons. The second-order valence-corrected chi connectivity index (χ2v) is 6.61. The molecule has 0 aliphatic heterocycles. The standard InChI is InChI=1S/C23H24O6/c1-4-12-26-23(25)15(3)28-18-10-11-19-20(13-18)27-14-21(22(19)24)29-17-8-6-16(5-2)7-9-17/h6-11,13-15H,4-5,12H2,1-3H3/t15-/m1/s1. The maximum Gasteiger partial charge on any atom is 0.347 e. The van der Waals surface area contributed by atoms with E-state index in [9.17, 15) is 9.59 Å². The molecule has 0 N–H and O–H groups in total.